The van der Waals surface area contributed by atoms with Gasteiger partial charge >= 0.3 is 0 Å². The Kier molecular flexibility index (Phi) is 4.38. The molecule has 0 heterocycles. The van der Waals surface area contributed by atoms with Gasteiger partial charge in [-0.25, -0.2) is 0 Å². The normalized spacial score (nSPS) is 15.6. The maximum atomic E-state index is 10.1. The van der Waals surface area contributed by atoms with Gasteiger partial charge in [0.1, 0.15) is 0 Å². The molecule has 0 amide bonds. The summed E-state index contributed by atoms with van der Waals surface area (Å²) < 4.78 is 0. The lowest BCUT2D eigenvalue weighted by molar-refractivity contribution is 0.0634. The van der Waals surface area contributed by atoms with Crippen LogP contribution in [0.15, 0.2) is 42.3 Å². The van der Waals surface area contributed by atoms with E-state index in [0.29, 0.717) is 0 Å². The van der Waals surface area contributed by atoms with E-state index in [9.17, 15) is 10.2 Å². The Hall–Kier alpha value is -1.48. The number of aliphatic hydroxyl groups excluding tert-OH is 2. The molecule has 0 bridgehead atoms. The van der Waals surface area contributed by atoms with E-state index in [-0.39, 0.29) is 11.9 Å². The molecule has 0 aliphatic carbocycles. The second kappa shape index (κ2) is 5.56. The third kappa shape index (κ3) is 2.76. The highest BCUT2D eigenvalue weighted by molar-refractivity contribution is 5.19. The van der Waals surface area contributed by atoms with Crippen molar-refractivity contribution in [1.29, 1.82) is 0 Å². The molecule has 1 aromatic carbocycles. The number of allylic oxidation sites excluding steroid dienone is 1. The number of hydrogen-bond donors (Lipinski definition) is 2. The zero-order chi connectivity index (χ0) is 12.1. The Balaban J connectivity index is 2.79. The van der Waals surface area contributed by atoms with Crippen molar-refractivity contribution in [3.05, 3.63) is 47.9 Å². The van der Waals surface area contributed by atoms with Crippen molar-refractivity contribution in [2.75, 3.05) is 7.05 Å². The minimum absolute atomic E-state index is 0.169. The first kappa shape index (κ1) is 12.6. The van der Waals surface area contributed by atoms with Crippen molar-refractivity contribution in [1.82, 2.24) is 4.90 Å². The van der Waals surface area contributed by atoms with Gasteiger partial charge in [0.15, 0.2) is 5.88 Å². The van der Waals surface area contributed by atoms with Gasteiger partial charge in [0.05, 0.1) is 12.1 Å². The fourth-order valence-corrected chi connectivity index (χ4v) is 1.55. The van der Waals surface area contributed by atoms with Crippen molar-refractivity contribution in [2.24, 2.45) is 0 Å². The molecule has 0 aromatic heterocycles. The topological polar surface area (TPSA) is 43.7 Å². The number of rotatable bonds is 4. The molecule has 2 N–H and O–H groups in total. The fourth-order valence-electron chi connectivity index (χ4n) is 1.55. The number of likely N-dealkylation sites (N-methyl/N-ethyl adjacent to an activating group) is 1. The highest BCUT2D eigenvalue weighted by Crippen LogP contribution is 2.21. The van der Waals surface area contributed by atoms with Crippen LogP contribution in [-0.4, -0.2) is 28.2 Å². The molecule has 0 saturated heterocycles. The molecule has 0 aliphatic rings. The molecule has 16 heavy (non-hydrogen) atoms. The van der Waals surface area contributed by atoms with Gasteiger partial charge in [-0.1, -0.05) is 30.3 Å². The molecule has 0 radical (unpaired) electrons. The molecule has 88 valence electrons. The van der Waals surface area contributed by atoms with E-state index in [4.69, 9.17) is 0 Å². The molecule has 0 fully saturated rings. The van der Waals surface area contributed by atoms with E-state index in [1.54, 1.807) is 24.9 Å². The highest BCUT2D eigenvalue weighted by Gasteiger charge is 2.21. The van der Waals surface area contributed by atoms with E-state index >= 15 is 0 Å². The number of aliphatic hydroxyl groups is 2. The Morgan fingerprint density at radius 1 is 1.31 bits per heavy atom. The molecular weight excluding hydrogens is 202 g/mol. The quantitative estimate of drug-likeness (QED) is 0.768. The summed E-state index contributed by atoms with van der Waals surface area (Å²) in [5, 5.41) is 19.7. The minimum Gasteiger partial charge on any atom is -0.495 e. The van der Waals surface area contributed by atoms with Gasteiger partial charge in [-0.2, -0.15) is 0 Å². The van der Waals surface area contributed by atoms with Crippen LogP contribution in [0.1, 0.15) is 25.5 Å². The monoisotopic (exact) mass is 221 g/mol. The minimum atomic E-state index is -0.617. The second-order valence-corrected chi connectivity index (χ2v) is 3.85. The molecule has 0 unspecified atom stereocenters. The largest absolute Gasteiger partial charge is 0.495 e. The lowest BCUT2D eigenvalue weighted by Gasteiger charge is -2.29. The lowest BCUT2D eigenvalue weighted by atomic mass is 10.0. The molecule has 2 atom stereocenters. The summed E-state index contributed by atoms with van der Waals surface area (Å²) >= 11 is 0. The summed E-state index contributed by atoms with van der Waals surface area (Å²) in [5.41, 5.74) is 0.853. The first-order chi connectivity index (χ1) is 7.57. The van der Waals surface area contributed by atoms with Crippen molar-refractivity contribution < 1.29 is 10.2 Å². The number of benzene rings is 1. The van der Waals surface area contributed by atoms with Crippen molar-refractivity contribution in [3.8, 4) is 0 Å². The predicted octanol–water partition coefficient (Wildman–Crippen LogP) is 2.46. The average molecular weight is 221 g/mol. The van der Waals surface area contributed by atoms with Gasteiger partial charge in [0, 0.05) is 7.05 Å². The van der Waals surface area contributed by atoms with Crippen LogP contribution in [0.25, 0.3) is 0 Å². The van der Waals surface area contributed by atoms with Crippen LogP contribution in [0, 0.1) is 0 Å². The molecule has 1 rings (SSSR count). The summed E-state index contributed by atoms with van der Waals surface area (Å²) in [7, 11) is 1.76. The Labute approximate surface area is 96.6 Å². The second-order valence-electron chi connectivity index (χ2n) is 3.85. The molecular formula is C13H19NO2. The summed E-state index contributed by atoms with van der Waals surface area (Å²) in [5.74, 6) is 0.169. The van der Waals surface area contributed by atoms with E-state index < -0.39 is 6.10 Å². The number of hydrogen-bond acceptors (Lipinski definition) is 3. The maximum Gasteiger partial charge on any atom is 0.182 e. The first-order valence-corrected chi connectivity index (χ1v) is 5.39. The van der Waals surface area contributed by atoms with Crippen LogP contribution in [0.5, 0.6) is 0 Å². The highest BCUT2D eigenvalue weighted by atomic mass is 16.3. The van der Waals surface area contributed by atoms with Crippen molar-refractivity contribution >= 4 is 0 Å². The van der Waals surface area contributed by atoms with Crippen LogP contribution in [0.4, 0.5) is 0 Å². The maximum absolute atomic E-state index is 10.1. The predicted molar refractivity (Wildman–Crippen MR) is 65.0 cm³/mol. The lowest BCUT2D eigenvalue weighted by Crippen LogP contribution is -2.33. The zero-order valence-electron chi connectivity index (χ0n) is 9.96. The third-order valence-corrected chi connectivity index (χ3v) is 2.83. The van der Waals surface area contributed by atoms with Crippen molar-refractivity contribution in [3.63, 3.8) is 0 Å². The fraction of sp³-hybridized carbons (Fsp3) is 0.385. The molecule has 3 nitrogen and oxygen atoms in total. The van der Waals surface area contributed by atoms with Gasteiger partial charge in [-0.05, 0) is 25.5 Å². The average Bonchev–Trinajstić information content (AvgIpc) is 2.36. The van der Waals surface area contributed by atoms with Gasteiger partial charge < -0.3 is 15.1 Å². The van der Waals surface area contributed by atoms with Gasteiger partial charge in [-0.3, -0.25) is 0 Å². The van der Waals surface area contributed by atoms with E-state index in [0.717, 1.165) is 5.56 Å². The smallest absolute Gasteiger partial charge is 0.182 e. The SMILES string of the molecule is C/C=C(\O)N(C)[C@H](C)[C@H](O)c1ccccc1. The molecule has 0 spiro atoms. The van der Waals surface area contributed by atoms with E-state index in [1.807, 2.05) is 37.3 Å². The standard InChI is InChI=1S/C13H19NO2/c1-4-12(15)14(3)10(2)13(16)11-8-6-5-7-9-11/h4-10,13,15-16H,1-3H3/b12-4-/t10-,13+/m1/s1. The van der Waals surface area contributed by atoms with Gasteiger partial charge in [0.2, 0.25) is 0 Å². The first-order valence-electron chi connectivity index (χ1n) is 5.39. The third-order valence-electron chi connectivity index (χ3n) is 2.83. The molecule has 3 heteroatoms. The number of nitrogens with zero attached hydrogens (tertiary/aromatic N) is 1. The summed E-state index contributed by atoms with van der Waals surface area (Å²) in [4.78, 5) is 1.65. The van der Waals surface area contributed by atoms with Crippen LogP contribution < -0.4 is 0 Å². The van der Waals surface area contributed by atoms with Crippen LogP contribution in [0.2, 0.25) is 0 Å². The van der Waals surface area contributed by atoms with Crippen molar-refractivity contribution in [2.45, 2.75) is 26.0 Å². The summed E-state index contributed by atoms with van der Waals surface area (Å²) in [6.07, 6.45) is 0.988. The zero-order valence-corrected chi connectivity index (χ0v) is 9.96. The summed E-state index contributed by atoms with van der Waals surface area (Å²) in [6.45, 7) is 3.63. The molecule has 0 saturated carbocycles. The van der Waals surface area contributed by atoms with Gasteiger partial charge in [0.25, 0.3) is 0 Å². The van der Waals surface area contributed by atoms with Crippen LogP contribution in [0.3, 0.4) is 0 Å². The van der Waals surface area contributed by atoms with Gasteiger partial charge in [-0.15, -0.1) is 0 Å². The van der Waals surface area contributed by atoms with Crippen LogP contribution in [-0.2, 0) is 0 Å². The Bertz CT molecular complexity index is 348. The Morgan fingerprint density at radius 2 is 1.88 bits per heavy atom. The molecule has 0 aliphatic heterocycles. The Morgan fingerprint density at radius 3 is 2.38 bits per heavy atom. The molecule has 1 aromatic rings. The van der Waals surface area contributed by atoms with E-state index in [1.165, 1.54) is 0 Å². The van der Waals surface area contributed by atoms with Crippen LogP contribution >= 0.6 is 0 Å². The summed E-state index contributed by atoms with van der Waals surface area (Å²) in [6, 6.07) is 9.26. The van der Waals surface area contributed by atoms with E-state index in [2.05, 4.69) is 0 Å².